The number of aliphatic hydroxyl groups is 1. The summed E-state index contributed by atoms with van der Waals surface area (Å²) < 4.78 is 70.4. The number of sulfonamides is 1. The molecule has 2 heterocycles. The zero-order valence-electron chi connectivity index (χ0n) is 21.5. The fourth-order valence-electron chi connectivity index (χ4n) is 5.38. The number of nitrogens with zero attached hydrogens (tertiary/aromatic N) is 2. The van der Waals surface area contributed by atoms with Gasteiger partial charge in [-0.2, -0.15) is 0 Å². The van der Waals surface area contributed by atoms with Crippen LogP contribution >= 0.6 is 0 Å². The van der Waals surface area contributed by atoms with Gasteiger partial charge in [-0.15, -0.1) is 13.2 Å². The second-order valence-electron chi connectivity index (χ2n) is 9.86. The van der Waals surface area contributed by atoms with Crippen molar-refractivity contribution in [2.45, 2.75) is 49.2 Å². The third-order valence-corrected chi connectivity index (χ3v) is 8.75. The van der Waals surface area contributed by atoms with E-state index in [9.17, 15) is 31.5 Å². The van der Waals surface area contributed by atoms with Gasteiger partial charge in [0.15, 0.2) is 0 Å². The number of amides is 1. The number of para-hydroxylation sites is 2. The zero-order chi connectivity index (χ0) is 28.7. The zero-order valence-corrected chi connectivity index (χ0v) is 22.3. The summed E-state index contributed by atoms with van der Waals surface area (Å²) >= 11 is 0. The number of likely N-dealkylation sites (tertiary alicyclic amines) is 1. The van der Waals surface area contributed by atoms with Crippen LogP contribution in [0.2, 0.25) is 0 Å². The Kier molecular flexibility index (Phi) is 7.51. The van der Waals surface area contributed by atoms with Crippen LogP contribution in [0.1, 0.15) is 18.1 Å². The first-order valence-electron chi connectivity index (χ1n) is 12.7. The Morgan fingerprint density at radius 1 is 0.925 bits per heavy atom. The molecule has 2 N–H and O–H groups in total. The van der Waals surface area contributed by atoms with Crippen LogP contribution in [-0.4, -0.2) is 62.0 Å². The number of carbonyl (C=O) groups is 1. The smallest absolute Gasteiger partial charge is 0.406 e. The Bertz CT molecular complexity index is 1450. The number of fused-ring (bicyclic) bond motifs is 2. The van der Waals surface area contributed by atoms with Crippen molar-refractivity contribution in [2.24, 2.45) is 0 Å². The van der Waals surface area contributed by atoms with Gasteiger partial charge in [-0.1, -0.05) is 36.4 Å². The maximum absolute atomic E-state index is 13.3. The van der Waals surface area contributed by atoms with Gasteiger partial charge in [-0.25, -0.2) is 13.1 Å². The van der Waals surface area contributed by atoms with Crippen molar-refractivity contribution in [2.75, 3.05) is 18.0 Å². The molecule has 0 spiro atoms. The average Bonchev–Trinajstić information content (AvgIpc) is 3.06. The molecule has 1 fully saturated rings. The summed E-state index contributed by atoms with van der Waals surface area (Å²) in [6, 6.07) is 17.5. The molecule has 2 aliphatic rings. The van der Waals surface area contributed by atoms with E-state index in [1.165, 1.54) is 11.8 Å². The molecule has 0 saturated carbocycles. The molecule has 1 amide bonds. The molecule has 8 nitrogen and oxygen atoms in total. The van der Waals surface area contributed by atoms with E-state index in [0.717, 1.165) is 59.6 Å². The van der Waals surface area contributed by atoms with E-state index in [1.807, 2.05) is 53.4 Å². The van der Waals surface area contributed by atoms with Gasteiger partial charge in [-0.05, 0) is 60.4 Å². The van der Waals surface area contributed by atoms with Crippen LogP contribution in [0.15, 0.2) is 77.7 Å². The molecule has 0 bridgehead atoms. The summed E-state index contributed by atoms with van der Waals surface area (Å²) in [5, 5.41) is 11.7. The number of alkyl halides is 3. The number of anilines is 2. The van der Waals surface area contributed by atoms with Crippen molar-refractivity contribution in [1.82, 2.24) is 9.62 Å². The average molecular weight is 576 g/mol. The quantitative estimate of drug-likeness (QED) is 0.481. The molecule has 212 valence electrons. The molecule has 3 aromatic rings. The Morgan fingerprint density at radius 2 is 1.48 bits per heavy atom. The maximum atomic E-state index is 13.3. The molecule has 40 heavy (non-hydrogen) atoms. The lowest BCUT2D eigenvalue weighted by molar-refractivity contribution is -0.274. The van der Waals surface area contributed by atoms with Gasteiger partial charge in [0.25, 0.3) is 0 Å². The van der Waals surface area contributed by atoms with Crippen LogP contribution in [0.3, 0.4) is 0 Å². The predicted molar refractivity (Wildman–Crippen MR) is 142 cm³/mol. The van der Waals surface area contributed by atoms with Crippen LogP contribution in [0, 0.1) is 0 Å². The SMILES string of the molecule is CC(=O)N1C[C@H](NS(=O)(=O)c2ccc(OC(F)(F)F)cc2)[C@@H](O)[C@H](N2c3ccccc3CCc3ccccc32)C1. The van der Waals surface area contributed by atoms with Crippen molar-refractivity contribution >= 4 is 27.3 Å². The number of aryl methyl sites for hydroxylation is 2. The molecule has 1 saturated heterocycles. The van der Waals surface area contributed by atoms with E-state index in [1.54, 1.807) is 0 Å². The Hall–Kier alpha value is -3.61. The van der Waals surface area contributed by atoms with Gasteiger partial charge in [0.05, 0.1) is 23.1 Å². The summed E-state index contributed by atoms with van der Waals surface area (Å²) in [6.45, 7) is 1.45. The highest BCUT2D eigenvalue weighted by molar-refractivity contribution is 7.89. The molecular weight excluding hydrogens is 547 g/mol. The lowest BCUT2D eigenvalue weighted by Crippen LogP contribution is -2.65. The van der Waals surface area contributed by atoms with Crippen molar-refractivity contribution in [1.29, 1.82) is 0 Å². The lowest BCUT2D eigenvalue weighted by atomic mass is 9.94. The molecule has 0 aliphatic carbocycles. The molecule has 3 atom stereocenters. The fourth-order valence-corrected chi connectivity index (χ4v) is 6.62. The van der Waals surface area contributed by atoms with Gasteiger partial charge in [0.1, 0.15) is 5.75 Å². The van der Waals surface area contributed by atoms with Crippen LogP contribution < -0.4 is 14.4 Å². The normalized spacial score (nSPS) is 21.3. The van der Waals surface area contributed by atoms with Gasteiger partial charge in [0.2, 0.25) is 15.9 Å². The molecule has 0 unspecified atom stereocenters. The topological polar surface area (TPSA) is 99.2 Å². The Morgan fingerprint density at radius 3 is 2.00 bits per heavy atom. The number of ether oxygens (including phenoxy) is 1. The minimum atomic E-state index is -4.92. The predicted octanol–water partition coefficient (Wildman–Crippen LogP) is 3.76. The Balaban J connectivity index is 1.49. The van der Waals surface area contributed by atoms with Gasteiger partial charge in [-0.3, -0.25) is 4.79 Å². The largest absolute Gasteiger partial charge is 0.573 e. The lowest BCUT2D eigenvalue weighted by Gasteiger charge is -2.47. The van der Waals surface area contributed by atoms with Crippen LogP contribution in [0.5, 0.6) is 5.75 Å². The molecule has 12 heteroatoms. The van der Waals surface area contributed by atoms with E-state index >= 15 is 0 Å². The molecule has 2 aliphatic heterocycles. The summed E-state index contributed by atoms with van der Waals surface area (Å²) in [5.74, 6) is -0.850. The number of hydrogen-bond acceptors (Lipinski definition) is 6. The number of aliphatic hydroxyl groups excluding tert-OH is 1. The summed E-state index contributed by atoms with van der Waals surface area (Å²) in [5.41, 5.74) is 3.85. The minimum absolute atomic E-state index is 0.0847. The summed E-state index contributed by atoms with van der Waals surface area (Å²) in [7, 11) is -4.29. The van der Waals surface area contributed by atoms with Crippen LogP contribution in [-0.2, 0) is 27.7 Å². The first-order chi connectivity index (χ1) is 18.9. The van der Waals surface area contributed by atoms with E-state index < -0.39 is 40.3 Å². The van der Waals surface area contributed by atoms with E-state index in [-0.39, 0.29) is 23.9 Å². The monoisotopic (exact) mass is 575 g/mol. The number of piperidine rings is 1. The molecule has 3 aromatic carbocycles. The van der Waals surface area contributed by atoms with E-state index in [2.05, 4.69) is 9.46 Å². The Labute approximate surface area is 230 Å². The summed E-state index contributed by atoms with van der Waals surface area (Å²) in [4.78, 5) is 15.7. The van der Waals surface area contributed by atoms with E-state index in [4.69, 9.17) is 0 Å². The molecular formula is C28H28F3N3O5S. The van der Waals surface area contributed by atoms with Gasteiger partial charge >= 0.3 is 6.36 Å². The summed E-state index contributed by atoms with van der Waals surface area (Å²) in [6.07, 6.45) is -4.61. The van der Waals surface area contributed by atoms with Crippen molar-refractivity contribution in [3.63, 3.8) is 0 Å². The molecule has 5 rings (SSSR count). The number of rotatable bonds is 5. The maximum Gasteiger partial charge on any atom is 0.573 e. The van der Waals surface area contributed by atoms with Gasteiger partial charge < -0.3 is 19.6 Å². The standard InChI is InChI=1S/C28H28F3N3O5S/c1-18(35)33-16-23(32-40(37,38)22-14-12-21(13-15-22)39-28(29,30)31)27(36)26(17-33)34-24-8-4-2-6-19(24)10-11-20-7-3-5-9-25(20)34/h2-9,12-15,23,26-27,32,36H,10-11,16-17H2,1H3/t23-,26+,27+/m0/s1. The highest BCUT2D eigenvalue weighted by Gasteiger charge is 2.43. The van der Waals surface area contributed by atoms with Crippen LogP contribution in [0.4, 0.5) is 24.5 Å². The highest BCUT2D eigenvalue weighted by atomic mass is 32.2. The number of benzene rings is 3. The number of halogens is 3. The second-order valence-corrected chi connectivity index (χ2v) is 11.6. The highest BCUT2D eigenvalue weighted by Crippen LogP contribution is 2.39. The second kappa shape index (κ2) is 10.8. The van der Waals surface area contributed by atoms with Crippen molar-refractivity contribution < 1.29 is 36.2 Å². The number of carbonyl (C=O) groups excluding carboxylic acids is 1. The molecule has 0 aromatic heterocycles. The third kappa shape index (κ3) is 5.79. The first-order valence-corrected chi connectivity index (χ1v) is 14.2. The van der Waals surface area contributed by atoms with Crippen LogP contribution in [0.25, 0.3) is 0 Å². The van der Waals surface area contributed by atoms with Crippen molar-refractivity contribution in [3.8, 4) is 5.75 Å². The number of hydrogen-bond donors (Lipinski definition) is 2. The van der Waals surface area contributed by atoms with Gasteiger partial charge in [0, 0.05) is 31.4 Å². The van der Waals surface area contributed by atoms with Crippen molar-refractivity contribution in [3.05, 3.63) is 83.9 Å². The van der Waals surface area contributed by atoms with E-state index in [0.29, 0.717) is 0 Å². The molecule has 0 radical (unpaired) electrons. The first kappa shape index (κ1) is 27.9. The third-order valence-electron chi connectivity index (χ3n) is 7.25. The number of nitrogens with one attached hydrogen (secondary N) is 1. The minimum Gasteiger partial charge on any atom is -0.406 e. The fraction of sp³-hybridized carbons (Fsp3) is 0.321.